The zero-order chi connectivity index (χ0) is 46.9. The average molecular weight is 901 g/mol. The number of hydrogen-bond acceptors (Lipinski definition) is 17. The van der Waals surface area contributed by atoms with Crippen molar-refractivity contribution in [1.29, 1.82) is 0 Å². The number of nitrogen functional groups attached to an aromatic ring is 2. The second kappa shape index (κ2) is 23.1. The molecule has 27 nitrogen and oxygen atoms in total. The summed E-state index contributed by atoms with van der Waals surface area (Å²) >= 11 is 0. The Morgan fingerprint density at radius 2 is 1.38 bits per heavy atom. The predicted molar refractivity (Wildman–Crippen MR) is 229 cm³/mol. The van der Waals surface area contributed by atoms with Crippen LogP contribution in [0.3, 0.4) is 0 Å². The van der Waals surface area contributed by atoms with Crippen molar-refractivity contribution in [2.24, 2.45) is 16.5 Å². The van der Waals surface area contributed by atoms with Gasteiger partial charge in [0.05, 0.1) is 12.7 Å². The molecule has 6 amide bonds. The Bertz CT molecular complexity index is 2520. The Morgan fingerprint density at radius 3 is 2.00 bits per heavy atom. The van der Waals surface area contributed by atoms with Gasteiger partial charge in [-0.25, -0.2) is 39.5 Å². The number of nitrogens with two attached hydrogens (primary N) is 4. The van der Waals surface area contributed by atoms with Crippen LogP contribution < -0.4 is 38.9 Å². The van der Waals surface area contributed by atoms with E-state index in [4.69, 9.17) is 27.7 Å². The van der Waals surface area contributed by atoms with Gasteiger partial charge in [0.2, 0.25) is 29.5 Å². The minimum Gasteiger partial charge on any atom is -0.480 e. The Balaban J connectivity index is 1.28. The van der Waals surface area contributed by atoms with Crippen LogP contribution in [-0.2, 0) is 53.2 Å². The predicted octanol–water partition coefficient (Wildman–Crippen LogP) is -2.54. The number of hydrogen-bond donors (Lipinski definition) is 8. The fourth-order valence-corrected chi connectivity index (χ4v) is 6.13. The normalized spacial score (nSPS) is 11.3. The summed E-state index contributed by atoms with van der Waals surface area (Å²) in [6.07, 6.45) is 4.35. The van der Waals surface area contributed by atoms with Crippen LogP contribution >= 0.6 is 0 Å². The number of imidazole rings is 2. The van der Waals surface area contributed by atoms with E-state index >= 15 is 0 Å². The highest BCUT2D eigenvalue weighted by Gasteiger charge is 2.29. The highest BCUT2D eigenvalue weighted by Crippen LogP contribution is 2.16. The number of carbonyl (C=O) groups is 7. The molecule has 0 spiro atoms. The quantitative estimate of drug-likeness (QED) is 0.0190. The summed E-state index contributed by atoms with van der Waals surface area (Å²) in [5.41, 5.74) is 23.9. The number of carboxylic acids is 1. The Labute approximate surface area is 369 Å². The summed E-state index contributed by atoms with van der Waals surface area (Å²) in [5, 5.41) is 17.0. The molecule has 0 saturated heterocycles. The van der Waals surface area contributed by atoms with Gasteiger partial charge in [-0.2, -0.15) is 0 Å². The third kappa shape index (κ3) is 14.0. The lowest BCUT2D eigenvalue weighted by molar-refractivity contribution is -0.151. The van der Waals surface area contributed by atoms with Crippen molar-refractivity contribution in [1.82, 2.24) is 64.8 Å². The lowest BCUT2D eigenvalue weighted by atomic mass is 10.1. The molecule has 12 N–H and O–H groups in total. The number of alkyl carbamates (subject to hydrolysis) is 1. The van der Waals surface area contributed by atoms with E-state index in [-0.39, 0.29) is 98.4 Å². The molecule has 5 aromatic rings. The van der Waals surface area contributed by atoms with Crippen molar-refractivity contribution in [2.45, 2.75) is 51.4 Å². The zero-order valence-corrected chi connectivity index (χ0v) is 34.9. The van der Waals surface area contributed by atoms with Crippen molar-refractivity contribution < 1.29 is 43.4 Å². The van der Waals surface area contributed by atoms with Crippen molar-refractivity contribution >= 4 is 81.5 Å². The van der Waals surface area contributed by atoms with E-state index in [0.717, 1.165) is 16.8 Å². The fourth-order valence-electron chi connectivity index (χ4n) is 6.13. The van der Waals surface area contributed by atoms with E-state index in [1.165, 1.54) is 28.1 Å². The molecule has 0 radical (unpaired) electrons. The first-order chi connectivity index (χ1) is 31.2. The van der Waals surface area contributed by atoms with Gasteiger partial charge >= 0.3 is 12.1 Å². The van der Waals surface area contributed by atoms with Gasteiger partial charge in [-0.15, -0.1) is 0 Å². The SMILES string of the molecule is NC(N)=NCCC[C@H](NC(=O)CCCNC(=O)CN(C(=O)CN(CCNC(=O)OCc1ccccc1)C(=O)Cn1cnc2c(N)ncnc21)C(=O)Cn1cnc2c(N)ncnc21)C(=O)O. The standard InChI is InChI=1S/C38H48N18O9/c39-32-30-34(48-19-46-32)54(21-50-30)15-27(59)53(13-12-45-38(64)65-18-23-6-2-1-3-7-23)16-28(60)56(29(61)17-55-22-51-31-33(40)47-20-49-35(31)55)14-26(58)43-10-5-9-25(57)52-24(36(62)63)8-4-11-44-37(41)42/h1-3,6-7,19-22,24H,4-5,8-18H2,(H,43,58)(H,45,64)(H,52,57)(H,62,63)(H2,39,46,48)(H2,40,47,49)(H4,41,42,44)/t24-/m0/s1. The highest BCUT2D eigenvalue weighted by atomic mass is 16.5. The van der Waals surface area contributed by atoms with Gasteiger partial charge in [0.1, 0.15) is 62.5 Å². The molecule has 5 rings (SSSR count). The van der Waals surface area contributed by atoms with Gasteiger partial charge in [0, 0.05) is 32.6 Å². The fraction of sp³-hybridized carbons (Fsp3) is 0.368. The lowest BCUT2D eigenvalue weighted by Crippen LogP contribution is -2.51. The number of aromatic nitrogens is 8. The molecule has 0 aliphatic rings. The summed E-state index contributed by atoms with van der Waals surface area (Å²) in [7, 11) is 0. The maximum Gasteiger partial charge on any atom is 0.407 e. The first-order valence-electron chi connectivity index (χ1n) is 19.9. The molecular formula is C38H48N18O9. The molecule has 0 bridgehead atoms. The number of aliphatic imine (C=N–C) groups is 1. The third-order valence-corrected chi connectivity index (χ3v) is 9.40. The Kier molecular flexibility index (Phi) is 16.9. The van der Waals surface area contributed by atoms with E-state index < -0.39 is 73.8 Å². The molecule has 4 aromatic heterocycles. The molecule has 4 heterocycles. The number of benzene rings is 1. The molecule has 0 aliphatic carbocycles. The van der Waals surface area contributed by atoms with Crippen molar-refractivity contribution in [3.05, 3.63) is 61.2 Å². The molecule has 1 atom stereocenters. The second-order valence-corrected chi connectivity index (χ2v) is 14.1. The summed E-state index contributed by atoms with van der Waals surface area (Å²) in [4.78, 5) is 122. The molecule has 0 saturated carbocycles. The molecule has 27 heteroatoms. The smallest absolute Gasteiger partial charge is 0.407 e. The van der Waals surface area contributed by atoms with Crippen LogP contribution in [0.1, 0.15) is 31.2 Å². The number of imide groups is 1. The number of anilines is 2. The summed E-state index contributed by atoms with van der Waals surface area (Å²) in [6.45, 7) is -2.94. The van der Waals surface area contributed by atoms with E-state index in [1.807, 2.05) is 6.07 Å². The van der Waals surface area contributed by atoms with Crippen molar-refractivity contribution in [3.8, 4) is 0 Å². The number of guanidine groups is 1. The van der Waals surface area contributed by atoms with E-state index in [1.54, 1.807) is 24.3 Å². The van der Waals surface area contributed by atoms with Crippen LogP contribution in [0.15, 0.2) is 60.6 Å². The van der Waals surface area contributed by atoms with Gasteiger partial charge in [0.15, 0.2) is 28.9 Å². The first-order valence-corrected chi connectivity index (χ1v) is 19.9. The average Bonchev–Trinajstić information content (AvgIpc) is 3.89. The molecular weight excluding hydrogens is 853 g/mol. The number of carbonyl (C=O) groups excluding carboxylic acids is 6. The van der Waals surface area contributed by atoms with E-state index in [0.29, 0.717) is 4.90 Å². The number of amides is 6. The van der Waals surface area contributed by atoms with Crippen LogP contribution in [0.4, 0.5) is 16.4 Å². The van der Waals surface area contributed by atoms with Crippen molar-refractivity contribution in [3.63, 3.8) is 0 Å². The summed E-state index contributed by atoms with van der Waals surface area (Å²) in [6, 6.07) is 7.71. The number of nitrogens with one attached hydrogen (secondary N) is 3. The van der Waals surface area contributed by atoms with Crippen LogP contribution in [0, 0.1) is 0 Å². The van der Waals surface area contributed by atoms with Crippen LogP contribution in [0.5, 0.6) is 0 Å². The first kappa shape index (κ1) is 47.5. The molecule has 65 heavy (non-hydrogen) atoms. The minimum absolute atomic E-state index is 0.0301. The number of nitrogens with zero attached hydrogens (tertiary/aromatic N) is 11. The number of aliphatic carboxylic acids is 1. The number of rotatable bonds is 23. The van der Waals surface area contributed by atoms with Gasteiger partial charge in [-0.05, 0) is 24.8 Å². The van der Waals surface area contributed by atoms with Gasteiger partial charge in [-0.1, -0.05) is 30.3 Å². The minimum atomic E-state index is -1.25. The van der Waals surface area contributed by atoms with Gasteiger partial charge in [-0.3, -0.25) is 33.9 Å². The van der Waals surface area contributed by atoms with Gasteiger partial charge in [0.25, 0.3) is 0 Å². The second-order valence-electron chi connectivity index (χ2n) is 14.1. The van der Waals surface area contributed by atoms with E-state index in [9.17, 15) is 38.7 Å². The number of ether oxygens (including phenoxy) is 1. The topological polar surface area (TPSA) is 395 Å². The Hall–Kier alpha value is -8.52. The van der Waals surface area contributed by atoms with Crippen molar-refractivity contribution in [2.75, 3.05) is 50.7 Å². The Morgan fingerprint density at radius 1 is 0.754 bits per heavy atom. The molecule has 1 aromatic carbocycles. The molecule has 0 fully saturated rings. The summed E-state index contributed by atoms with van der Waals surface area (Å²) in [5.74, 6) is -5.24. The van der Waals surface area contributed by atoms with Gasteiger partial charge < -0.3 is 62.8 Å². The van der Waals surface area contributed by atoms with Crippen LogP contribution in [0.2, 0.25) is 0 Å². The van der Waals surface area contributed by atoms with Crippen LogP contribution in [-0.4, -0.2) is 147 Å². The largest absolute Gasteiger partial charge is 0.480 e. The highest BCUT2D eigenvalue weighted by molar-refractivity contribution is 6.01. The van der Waals surface area contributed by atoms with Crippen LogP contribution in [0.25, 0.3) is 22.3 Å². The van der Waals surface area contributed by atoms with E-state index in [2.05, 4.69) is 50.8 Å². The summed E-state index contributed by atoms with van der Waals surface area (Å²) < 4.78 is 7.93. The molecule has 344 valence electrons. The lowest BCUT2D eigenvalue weighted by Gasteiger charge is -2.27. The molecule has 0 unspecified atom stereocenters. The monoisotopic (exact) mass is 900 g/mol. The maximum absolute atomic E-state index is 14.2. The molecule has 0 aliphatic heterocycles. The third-order valence-electron chi connectivity index (χ3n) is 9.40. The maximum atomic E-state index is 14.2. The zero-order valence-electron chi connectivity index (χ0n) is 34.9. The number of fused-ring (bicyclic) bond motifs is 2. The number of carboxylic acid groups (broad SMARTS) is 1.